The molecule has 1 aliphatic carbocycles. The number of nitrogens with zero attached hydrogens (tertiary/aromatic N) is 2. The number of carbonyl (C=O) groups is 1. The molecule has 0 saturated heterocycles. The van der Waals surface area contributed by atoms with Crippen LogP contribution in [0.1, 0.15) is 28.8 Å². The Labute approximate surface area is 145 Å². The van der Waals surface area contributed by atoms with Crippen LogP contribution in [0, 0.1) is 0 Å². The number of hydrogen-bond donors (Lipinski definition) is 1. The van der Waals surface area contributed by atoms with E-state index in [0.29, 0.717) is 10.6 Å². The van der Waals surface area contributed by atoms with Gasteiger partial charge in [-0.2, -0.15) is 0 Å². The van der Waals surface area contributed by atoms with Crippen LogP contribution < -0.4 is 5.32 Å². The molecule has 1 N–H and O–H groups in total. The zero-order chi connectivity index (χ0) is 16.6. The van der Waals surface area contributed by atoms with Crippen molar-refractivity contribution in [1.82, 2.24) is 14.9 Å². The first kappa shape index (κ1) is 15.0. The second-order valence-electron chi connectivity index (χ2n) is 6.06. The first-order valence-electron chi connectivity index (χ1n) is 7.83. The first-order chi connectivity index (χ1) is 11.7. The second kappa shape index (κ2) is 5.80. The fourth-order valence-electron chi connectivity index (χ4n) is 2.88. The molecule has 4 nitrogen and oxygen atoms in total. The van der Waals surface area contributed by atoms with Crippen molar-refractivity contribution in [1.29, 1.82) is 0 Å². The van der Waals surface area contributed by atoms with Crippen LogP contribution in [0.3, 0.4) is 0 Å². The summed E-state index contributed by atoms with van der Waals surface area (Å²) in [6.07, 6.45) is 7.20. The molecule has 2 aromatic carbocycles. The SMILES string of the molecule is O=C(NC1(c2cccc(Cl)c2)CC1)c1ccc(-n2ccnc2)cc1. The Morgan fingerprint density at radius 1 is 1.17 bits per heavy atom. The maximum atomic E-state index is 12.6. The van der Waals surface area contributed by atoms with Crippen molar-refractivity contribution in [3.05, 3.63) is 83.4 Å². The molecule has 0 unspecified atom stereocenters. The summed E-state index contributed by atoms with van der Waals surface area (Å²) >= 11 is 6.08. The van der Waals surface area contributed by atoms with Crippen molar-refractivity contribution in [3.8, 4) is 5.69 Å². The third-order valence-electron chi connectivity index (χ3n) is 4.41. The fourth-order valence-corrected chi connectivity index (χ4v) is 3.07. The molecule has 1 fully saturated rings. The molecule has 4 rings (SSSR count). The first-order valence-corrected chi connectivity index (χ1v) is 8.21. The summed E-state index contributed by atoms with van der Waals surface area (Å²) in [6.45, 7) is 0. The van der Waals surface area contributed by atoms with Crippen LogP contribution in [0.5, 0.6) is 0 Å². The Hall–Kier alpha value is -2.59. The largest absolute Gasteiger partial charge is 0.343 e. The van der Waals surface area contributed by atoms with E-state index in [1.54, 1.807) is 12.5 Å². The van der Waals surface area contributed by atoms with Gasteiger partial charge < -0.3 is 9.88 Å². The van der Waals surface area contributed by atoms with E-state index in [1.807, 2.05) is 59.3 Å². The van der Waals surface area contributed by atoms with Gasteiger partial charge in [0, 0.05) is 28.7 Å². The van der Waals surface area contributed by atoms with Crippen molar-refractivity contribution in [2.24, 2.45) is 0 Å². The quantitative estimate of drug-likeness (QED) is 0.783. The predicted molar refractivity (Wildman–Crippen MR) is 93.4 cm³/mol. The molecule has 1 saturated carbocycles. The van der Waals surface area contributed by atoms with Crippen LogP contribution in [0.2, 0.25) is 5.02 Å². The van der Waals surface area contributed by atoms with Crippen LogP contribution in [0.25, 0.3) is 5.69 Å². The molecule has 1 heterocycles. The zero-order valence-electron chi connectivity index (χ0n) is 12.9. The second-order valence-corrected chi connectivity index (χ2v) is 6.50. The fraction of sp³-hybridized carbons (Fsp3) is 0.158. The van der Waals surface area contributed by atoms with Gasteiger partial charge in [-0.05, 0) is 54.8 Å². The average Bonchev–Trinajstić information content (AvgIpc) is 3.17. The maximum Gasteiger partial charge on any atom is 0.251 e. The Kier molecular flexibility index (Phi) is 3.62. The maximum absolute atomic E-state index is 12.6. The highest BCUT2D eigenvalue weighted by Crippen LogP contribution is 2.46. The van der Waals surface area contributed by atoms with E-state index in [4.69, 9.17) is 11.6 Å². The van der Waals surface area contributed by atoms with Gasteiger partial charge in [-0.3, -0.25) is 4.79 Å². The van der Waals surface area contributed by atoms with E-state index in [-0.39, 0.29) is 11.4 Å². The topological polar surface area (TPSA) is 46.9 Å². The van der Waals surface area contributed by atoms with Crippen molar-refractivity contribution in [2.75, 3.05) is 0 Å². The van der Waals surface area contributed by atoms with Gasteiger partial charge in [-0.1, -0.05) is 23.7 Å². The number of carbonyl (C=O) groups excluding carboxylic acids is 1. The summed E-state index contributed by atoms with van der Waals surface area (Å²) in [5, 5.41) is 3.86. The van der Waals surface area contributed by atoms with Gasteiger partial charge >= 0.3 is 0 Å². The molecule has 1 aromatic heterocycles. The number of hydrogen-bond acceptors (Lipinski definition) is 2. The smallest absolute Gasteiger partial charge is 0.251 e. The third-order valence-corrected chi connectivity index (χ3v) is 4.65. The summed E-state index contributed by atoms with van der Waals surface area (Å²) in [5.74, 6) is -0.0651. The summed E-state index contributed by atoms with van der Waals surface area (Å²) in [5.41, 5.74) is 2.41. The van der Waals surface area contributed by atoms with Crippen LogP contribution in [0.4, 0.5) is 0 Å². The van der Waals surface area contributed by atoms with E-state index < -0.39 is 0 Å². The lowest BCUT2D eigenvalue weighted by molar-refractivity contribution is 0.0931. The number of imidazole rings is 1. The molecule has 120 valence electrons. The summed E-state index contributed by atoms with van der Waals surface area (Å²) in [6, 6.07) is 15.2. The van der Waals surface area contributed by atoms with E-state index in [2.05, 4.69) is 10.3 Å². The van der Waals surface area contributed by atoms with Crippen molar-refractivity contribution >= 4 is 17.5 Å². The highest BCUT2D eigenvalue weighted by molar-refractivity contribution is 6.30. The molecule has 0 atom stereocenters. The minimum absolute atomic E-state index is 0.0651. The predicted octanol–water partition coefficient (Wildman–Crippen LogP) is 3.94. The number of amides is 1. The van der Waals surface area contributed by atoms with Gasteiger partial charge in [0.2, 0.25) is 0 Å². The minimum atomic E-state index is -0.273. The van der Waals surface area contributed by atoms with Crippen molar-refractivity contribution < 1.29 is 4.79 Å². The Morgan fingerprint density at radius 3 is 2.58 bits per heavy atom. The monoisotopic (exact) mass is 337 g/mol. The van der Waals surface area contributed by atoms with Gasteiger partial charge in [0.25, 0.3) is 5.91 Å². The summed E-state index contributed by atoms with van der Waals surface area (Å²) < 4.78 is 1.90. The van der Waals surface area contributed by atoms with E-state index >= 15 is 0 Å². The average molecular weight is 338 g/mol. The standard InChI is InChI=1S/C19H16ClN3O/c20-16-3-1-2-15(12-16)19(8-9-19)22-18(24)14-4-6-17(7-5-14)23-11-10-21-13-23/h1-7,10-13H,8-9H2,(H,22,24). The Bertz CT molecular complexity index is 868. The summed E-state index contributed by atoms with van der Waals surface area (Å²) in [7, 11) is 0. The Morgan fingerprint density at radius 2 is 1.96 bits per heavy atom. The van der Waals surface area contributed by atoms with E-state index in [0.717, 1.165) is 24.1 Å². The van der Waals surface area contributed by atoms with Gasteiger partial charge in [-0.25, -0.2) is 4.98 Å². The molecule has 0 aliphatic heterocycles. The van der Waals surface area contributed by atoms with Crippen LogP contribution in [-0.2, 0) is 5.54 Å². The van der Waals surface area contributed by atoms with Crippen LogP contribution >= 0.6 is 11.6 Å². The highest BCUT2D eigenvalue weighted by atomic mass is 35.5. The van der Waals surface area contributed by atoms with Gasteiger partial charge in [0.1, 0.15) is 0 Å². The zero-order valence-corrected chi connectivity index (χ0v) is 13.7. The van der Waals surface area contributed by atoms with Crippen molar-refractivity contribution in [3.63, 3.8) is 0 Å². The van der Waals surface area contributed by atoms with Crippen LogP contribution in [0.15, 0.2) is 67.3 Å². The molecule has 1 amide bonds. The lowest BCUT2D eigenvalue weighted by Gasteiger charge is -2.18. The highest BCUT2D eigenvalue weighted by Gasteiger charge is 2.45. The molecule has 24 heavy (non-hydrogen) atoms. The normalized spacial score (nSPS) is 15.0. The Balaban J connectivity index is 1.52. The molecular formula is C19H16ClN3O. The van der Waals surface area contributed by atoms with E-state index in [9.17, 15) is 4.79 Å². The molecular weight excluding hydrogens is 322 g/mol. The molecule has 1 aliphatic rings. The number of benzene rings is 2. The van der Waals surface area contributed by atoms with Crippen molar-refractivity contribution in [2.45, 2.75) is 18.4 Å². The van der Waals surface area contributed by atoms with Crippen LogP contribution in [-0.4, -0.2) is 15.5 Å². The third kappa shape index (κ3) is 2.81. The molecule has 5 heteroatoms. The number of nitrogens with one attached hydrogen (secondary N) is 1. The van der Waals surface area contributed by atoms with Gasteiger partial charge in [0.15, 0.2) is 0 Å². The molecule has 0 bridgehead atoms. The van der Waals surface area contributed by atoms with Gasteiger partial charge in [-0.15, -0.1) is 0 Å². The lowest BCUT2D eigenvalue weighted by atomic mass is 10.0. The minimum Gasteiger partial charge on any atom is -0.343 e. The molecule has 0 radical (unpaired) electrons. The number of rotatable bonds is 4. The summed E-state index contributed by atoms with van der Waals surface area (Å²) in [4.78, 5) is 16.6. The lowest BCUT2D eigenvalue weighted by Crippen LogP contribution is -2.34. The van der Waals surface area contributed by atoms with E-state index in [1.165, 1.54) is 0 Å². The molecule has 0 spiro atoms. The number of halogens is 1. The molecule has 3 aromatic rings. The van der Waals surface area contributed by atoms with Gasteiger partial charge in [0.05, 0.1) is 11.9 Å². The number of aromatic nitrogens is 2.